The minimum absolute atomic E-state index is 0.192. The molecule has 1 saturated heterocycles. The van der Waals surface area contributed by atoms with Crippen LogP contribution in [0.15, 0.2) is 41.3 Å². The highest BCUT2D eigenvalue weighted by Crippen LogP contribution is 2.21. The monoisotopic (exact) mass is 371 g/mol. The van der Waals surface area contributed by atoms with Gasteiger partial charge in [-0.3, -0.25) is 0 Å². The number of hydrogen-bond acceptors (Lipinski definition) is 6. The first-order valence-corrected chi connectivity index (χ1v) is 9.98. The molecule has 0 amide bonds. The summed E-state index contributed by atoms with van der Waals surface area (Å²) in [5, 5.41) is 16.6. The molecule has 0 saturated carbocycles. The van der Waals surface area contributed by atoms with Crippen molar-refractivity contribution in [2.75, 3.05) is 18.0 Å². The summed E-state index contributed by atoms with van der Waals surface area (Å²) < 4.78 is 28.0. The van der Waals surface area contributed by atoms with Crippen molar-refractivity contribution in [3.8, 4) is 6.07 Å². The lowest BCUT2D eigenvalue weighted by Crippen LogP contribution is -2.37. The summed E-state index contributed by atoms with van der Waals surface area (Å²) >= 11 is 0. The fourth-order valence-corrected chi connectivity index (χ4v) is 4.20. The standard InChI is InChI=1S/C18H21N5O2S/c1-13(2)14-3-6-17(7-4-14)26(24,25)22-16-9-10-23(12-16)18-8-5-15(11-19)20-21-18/h3-8,13,16,22H,9-10,12H2,1-2H3/t16-/m1/s1. The number of nitrogens with one attached hydrogen (secondary N) is 1. The van der Waals surface area contributed by atoms with E-state index in [0.29, 0.717) is 31.2 Å². The first kappa shape index (κ1) is 18.3. The molecule has 0 unspecified atom stereocenters. The molecule has 0 spiro atoms. The van der Waals surface area contributed by atoms with E-state index in [1.165, 1.54) is 0 Å². The fraction of sp³-hybridized carbons (Fsp3) is 0.389. The van der Waals surface area contributed by atoms with Crippen molar-refractivity contribution < 1.29 is 8.42 Å². The maximum atomic E-state index is 12.6. The van der Waals surface area contributed by atoms with Crippen LogP contribution in [0.1, 0.15) is 37.4 Å². The Hall–Kier alpha value is -2.50. The Labute approximate surface area is 153 Å². The Morgan fingerprint density at radius 3 is 2.50 bits per heavy atom. The summed E-state index contributed by atoms with van der Waals surface area (Å²) in [6.45, 7) is 5.34. The number of aromatic nitrogens is 2. The first-order valence-electron chi connectivity index (χ1n) is 8.50. The molecule has 2 heterocycles. The molecule has 1 aliphatic rings. The summed E-state index contributed by atoms with van der Waals surface area (Å²) in [6.07, 6.45) is 0.686. The third kappa shape index (κ3) is 4.00. The van der Waals surface area contributed by atoms with Crippen LogP contribution < -0.4 is 9.62 Å². The Balaban J connectivity index is 1.66. The molecule has 2 aromatic rings. The molecule has 0 bridgehead atoms. The van der Waals surface area contributed by atoms with Crippen LogP contribution in [-0.4, -0.2) is 37.7 Å². The molecule has 1 aliphatic heterocycles. The highest BCUT2D eigenvalue weighted by Gasteiger charge is 2.28. The number of hydrogen-bond donors (Lipinski definition) is 1. The van der Waals surface area contributed by atoms with Crippen LogP contribution >= 0.6 is 0 Å². The molecule has 1 atom stereocenters. The van der Waals surface area contributed by atoms with Crippen LogP contribution in [0.2, 0.25) is 0 Å². The summed E-state index contributed by atoms with van der Waals surface area (Å²) in [6, 6.07) is 12.1. The highest BCUT2D eigenvalue weighted by atomic mass is 32.2. The SMILES string of the molecule is CC(C)c1ccc(S(=O)(=O)N[C@@H]2CCN(c3ccc(C#N)nn3)C2)cc1. The van der Waals surface area contributed by atoms with Gasteiger partial charge in [-0.1, -0.05) is 26.0 Å². The first-order chi connectivity index (χ1) is 12.4. The van der Waals surface area contributed by atoms with Gasteiger partial charge in [0.25, 0.3) is 0 Å². The quantitative estimate of drug-likeness (QED) is 0.863. The Morgan fingerprint density at radius 1 is 1.19 bits per heavy atom. The molecule has 0 aliphatic carbocycles. The zero-order chi connectivity index (χ0) is 18.7. The van der Waals surface area contributed by atoms with Crippen molar-refractivity contribution in [3.63, 3.8) is 0 Å². The second-order valence-corrected chi connectivity index (χ2v) is 8.38. The van der Waals surface area contributed by atoms with Gasteiger partial charge in [-0.25, -0.2) is 13.1 Å². The van der Waals surface area contributed by atoms with Crippen LogP contribution in [-0.2, 0) is 10.0 Å². The molecule has 0 radical (unpaired) electrons. The van der Waals surface area contributed by atoms with Crippen LogP contribution in [0.3, 0.4) is 0 Å². The van der Waals surface area contributed by atoms with Gasteiger partial charge in [-0.05, 0) is 42.2 Å². The van der Waals surface area contributed by atoms with E-state index < -0.39 is 10.0 Å². The summed E-state index contributed by atoms with van der Waals surface area (Å²) in [4.78, 5) is 2.24. The largest absolute Gasteiger partial charge is 0.353 e. The van der Waals surface area contributed by atoms with Crippen LogP contribution in [0.5, 0.6) is 0 Å². The van der Waals surface area contributed by atoms with Crippen molar-refractivity contribution in [1.29, 1.82) is 5.26 Å². The van der Waals surface area contributed by atoms with Gasteiger partial charge in [0.2, 0.25) is 10.0 Å². The van der Waals surface area contributed by atoms with Crippen molar-refractivity contribution in [2.45, 2.75) is 37.1 Å². The average molecular weight is 371 g/mol. The fourth-order valence-electron chi connectivity index (χ4n) is 2.94. The van der Waals surface area contributed by atoms with Gasteiger partial charge in [0.15, 0.2) is 11.5 Å². The van der Waals surface area contributed by atoms with E-state index in [1.54, 1.807) is 24.3 Å². The van der Waals surface area contributed by atoms with E-state index in [2.05, 4.69) is 28.8 Å². The van der Waals surface area contributed by atoms with Crippen LogP contribution in [0.4, 0.5) is 5.82 Å². The van der Waals surface area contributed by atoms with Gasteiger partial charge in [-0.15, -0.1) is 10.2 Å². The maximum Gasteiger partial charge on any atom is 0.240 e. The molecule has 1 aromatic carbocycles. The molecule has 1 N–H and O–H groups in total. The minimum Gasteiger partial charge on any atom is -0.353 e. The molecular weight excluding hydrogens is 350 g/mol. The molecular formula is C18H21N5O2S. The van der Waals surface area contributed by atoms with Crippen molar-refractivity contribution >= 4 is 15.8 Å². The topological polar surface area (TPSA) is 99.0 Å². The predicted molar refractivity (Wildman–Crippen MR) is 98.2 cm³/mol. The van der Waals surface area contributed by atoms with Crippen LogP contribution in [0, 0.1) is 11.3 Å². The van der Waals surface area contributed by atoms with E-state index >= 15 is 0 Å². The average Bonchev–Trinajstić information content (AvgIpc) is 3.09. The van der Waals surface area contributed by atoms with Crippen molar-refractivity contribution in [3.05, 3.63) is 47.7 Å². The molecule has 136 valence electrons. The number of nitrogens with zero attached hydrogens (tertiary/aromatic N) is 4. The normalized spacial score (nSPS) is 17.5. The van der Waals surface area contributed by atoms with Crippen molar-refractivity contribution in [2.24, 2.45) is 0 Å². The molecule has 7 nitrogen and oxygen atoms in total. The second-order valence-electron chi connectivity index (χ2n) is 6.67. The maximum absolute atomic E-state index is 12.6. The van der Waals surface area contributed by atoms with Gasteiger partial charge in [0, 0.05) is 19.1 Å². The van der Waals surface area contributed by atoms with E-state index in [4.69, 9.17) is 5.26 Å². The van der Waals surface area contributed by atoms with E-state index in [-0.39, 0.29) is 16.6 Å². The van der Waals surface area contributed by atoms with Gasteiger partial charge < -0.3 is 4.90 Å². The molecule has 3 rings (SSSR count). The number of benzene rings is 1. The molecule has 1 aromatic heterocycles. The van der Waals surface area contributed by atoms with Gasteiger partial charge >= 0.3 is 0 Å². The number of anilines is 1. The predicted octanol–water partition coefficient (Wildman–Crippen LogP) is 2.03. The Kier molecular flexibility index (Phi) is 5.20. The number of sulfonamides is 1. The smallest absolute Gasteiger partial charge is 0.240 e. The zero-order valence-electron chi connectivity index (χ0n) is 14.8. The number of rotatable bonds is 5. The van der Waals surface area contributed by atoms with Gasteiger partial charge in [-0.2, -0.15) is 5.26 Å². The lowest BCUT2D eigenvalue weighted by atomic mass is 10.0. The summed E-state index contributed by atoms with van der Waals surface area (Å²) in [5.41, 5.74) is 1.37. The Bertz CT molecular complexity index is 902. The molecule has 8 heteroatoms. The summed E-state index contributed by atoms with van der Waals surface area (Å²) in [7, 11) is -3.56. The minimum atomic E-state index is -3.56. The van der Waals surface area contributed by atoms with E-state index in [0.717, 1.165) is 5.56 Å². The lowest BCUT2D eigenvalue weighted by molar-refractivity contribution is 0.561. The highest BCUT2D eigenvalue weighted by molar-refractivity contribution is 7.89. The number of nitriles is 1. The van der Waals surface area contributed by atoms with Crippen molar-refractivity contribution in [1.82, 2.24) is 14.9 Å². The second kappa shape index (κ2) is 7.40. The van der Waals surface area contributed by atoms with Gasteiger partial charge in [0.1, 0.15) is 6.07 Å². The molecule has 26 heavy (non-hydrogen) atoms. The third-order valence-corrected chi connectivity index (χ3v) is 5.99. The Morgan fingerprint density at radius 2 is 1.92 bits per heavy atom. The lowest BCUT2D eigenvalue weighted by Gasteiger charge is -2.17. The van der Waals surface area contributed by atoms with Gasteiger partial charge in [0.05, 0.1) is 4.90 Å². The van der Waals surface area contributed by atoms with E-state index in [1.807, 2.05) is 23.1 Å². The van der Waals surface area contributed by atoms with Crippen LogP contribution in [0.25, 0.3) is 0 Å². The van der Waals surface area contributed by atoms with E-state index in [9.17, 15) is 8.42 Å². The molecule has 1 fully saturated rings. The summed E-state index contributed by atoms with van der Waals surface area (Å²) in [5.74, 6) is 1.00. The zero-order valence-corrected chi connectivity index (χ0v) is 15.6. The third-order valence-electron chi connectivity index (χ3n) is 4.46.